The zero-order chi connectivity index (χ0) is 22.4. The molecular weight excluding hydrogens is 423 g/mol. The summed E-state index contributed by atoms with van der Waals surface area (Å²) in [5.41, 5.74) is 0. The molecule has 0 aromatic heterocycles. The fourth-order valence-corrected chi connectivity index (χ4v) is 21.6. The molecule has 0 bridgehead atoms. The van der Waals surface area contributed by atoms with E-state index in [0.29, 0.717) is 13.1 Å². The van der Waals surface area contributed by atoms with Gasteiger partial charge in [-0.25, -0.2) is 0 Å². The van der Waals surface area contributed by atoms with Crippen LogP contribution in [-0.4, -0.2) is 80.7 Å². The predicted octanol–water partition coefficient (Wildman–Crippen LogP) is 3.93. The van der Waals surface area contributed by atoms with Crippen molar-refractivity contribution >= 4 is 33.8 Å². The summed E-state index contributed by atoms with van der Waals surface area (Å²) < 4.78 is 19.8. The van der Waals surface area contributed by atoms with Crippen molar-refractivity contribution in [2.75, 3.05) is 19.6 Å². The molecule has 0 heterocycles. The van der Waals surface area contributed by atoms with Crippen molar-refractivity contribution in [3.63, 3.8) is 0 Å². The van der Waals surface area contributed by atoms with E-state index < -0.39 is 46.0 Å². The molecule has 0 aromatic rings. The van der Waals surface area contributed by atoms with E-state index in [-0.39, 0.29) is 0 Å². The first kappa shape index (κ1) is 28.6. The highest BCUT2D eigenvalue weighted by Gasteiger charge is 2.44. The van der Waals surface area contributed by atoms with Gasteiger partial charge in [0.15, 0.2) is 16.6 Å². The maximum Gasteiger partial charge on any atom is 0.315 e. The topological polar surface area (TPSA) is 71.4 Å². The highest BCUT2D eigenvalue weighted by atomic mass is 28.5. The first-order valence-corrected chi connectivity index (χ1v) is 22.7. The molecule has 0 rings (SSSR count). The van der Waals surface area contributed by atoms with E-state index in [0.717, 1.165) is 19.0 Å². The SMILES string of the molecule is CC(O)CN(CCC[Si](C)(O[Si](C)(C)C)O[Si](C)(C)O[Si](C)(C)C)CC(C)O. The van der Waals surface area contributed by atoms with Crippen molar-refractivity contribution in [3.05, 3.63) is 0 Å². The molecule has 3 unspecified atom stereocenters. The van der Waals surface area contributed by atoms with Gasteiger partial charge in [0, 0.05) is 13.1 Å². The summed E-state index contributed by atoms with van der Waals surface area (Å²) in [6, 6.07) is 0.888. The number of hydrogen-bond donors (Lipinski definition) is 2. The lowest BCUT2D eigenvalue weighted by molar-refractivity contribution is 0.0834. The van der Waals surface area contributed by atoms with Gasteiger partial charge in [-0.05, 0) is 91.8 Å². The van der Waals surface area contributed by atoms with Crippen LogP contribution < -0.4 is 0 Å². The molecule has 3 atom stereocenters. The Bertz CT molecular complexity index is 442. The molecule has 0 amide bonds. The molecule has 0 aliphatic rings. The van der Waals surface area contributed by atoms with Crippen LogP contribution in [-0.2, 0) is 12.3 Å². The summed E-state index contributed by atoms with van der Waals surface area (Å²) in [5.74, 6) is 0. The largest absolute Gasteiger partial charge is 0.437 e. The van der Waals surface area contributed by atoms with Gasteiger partial charge in [0.25, 0.3) is 0 Å². The fraction of sp³-hybridized carbons (Fsp3) is 1.00. The Morgan fingerprint density at radius 2 is 1.14 bits per heavy atom. The van der Waals surface area contributed by atoms with E-state index in [4.69, 9.17) is 12.3 Å². The molecule has 0 aliphatic heterocycles. The number of aliphatic hydroxyl groups excluding tert-OH is 2. The fourth-order valence-electron chi connectivity index (χ4n) is 3.68. The van der Waals surface area contributed by atoms with Gasteiger partial charge in [-0.2, -0.15) is 0 Å². The van der Waals surface area contributed by atoms with Crippen LogP contribution >= 0.6 is 0 Å². The van der Waals surface area contributed by atoms with E-state index in [1.54, 1.807) is 13.8 Å². The molecule has 0 fully saturated rings. The van der Waals surface area contributed by atoms with E-state index in [9.17, 15) is 10.2 Å². The zero-order valence-corrected chi connectivity index (χ0v) is 24.3. The number of aliphatic hydroxyl groups is 2. The lowest BCUT2D eigenvalue weighted by Crippen LogP contribution is -2.57. The van der Waals surface area contributed by atoms with Crippen LogP contribution in [0.1, 0.15) is 20.3 Å². The van der Waals surface area contributed by atoms with Crippen LogP contribution in [0.4, 0.5) is 0 Å². The smallest absolute Gasteiger partial charge is 0.315 e. The summed E-state index contributed by atoms with van der Waals surface area (Å²) in [5, 5.41) is 19.5. The maximum atomic E-state index is 9.74. The van der Waals surface area contributed by atoms with Crippen LogP contribution in [0.2, 0.25) is 65.0 Å². The second-order valence-electron chi connectivity index (χ2n) is 10.6. The molecule has 0 aromatic carbocycles. The lowest BCUT2D eigenvalue weighted by Gasteiger charge is -2.41. The van der Waals surface area contributed by atoms with Crippen molar-refractivity contribution in [1.82, 2.24) is 4.90 Å². The number of hydrogen-bond acceptors (Lipinski definition) is 6. The van der Waals surface area contributed by atoms with Crippen LogP contribution in [0.5, 0.6) is 0 Å². The van der Waals surface area contributed by atoms with Gasteiger partial charge >= 0.3 is 17.1 Å². The van der Waals surface area contributed by atoms with Crippen molar-refractivity contribution in [3.8, 4) is 0 Å². The maximum absolute atomic E-state index is 9.74. The monoisotopic (exact) mass is 469 g/mol. The van der Waals surface area contributed by atoms with Crippen LogP contribution in [0.3, 0.4) is 0 Å². The summed E-state index contributed by atoms with van der Waals surface area (Å²) in [6.07, 6.45) is 0.103. The van der Waals surface area contributed by atoms with Gasteiger partial charge < -0.3 is 22.6 Å². The Balaban J connectivity index is 5.13. The number of nitrogens with zero attached hydrogens (tertiary/aromatic N) is 1. The third-order valence-corrected chi connectivity index (χ3v) is 17.2. The molecular formula is C18H47NO5Si4. The quantitative estimate of drug-likeness (QED) is 0.376. The highest BCUT2D eigenvalue weighted by molar-refractivity contribution is 6.89. The highest BCUT2D eigenvalue weighted by Crippen LogP contribution is 2.27. The summed E-state index contributed by atoms with van der Waals surface area (Å²) in [4.78, 5) is 2.12. The summed E-state index contributed by atoms with van der Waals surface area (Å²) in [7, 11) is -8.12. The predicted molar refractivity (Wildman–Crippen MR) is 128 cm³/mol. The van der Waals surface area contributed by atoms with Crippen LogP contribution in [0.15, 0.2) is 0 Å². The van der Waals surface area contributed by atoms with Gasteiger partial charge in [-0.3, -0.25) is 4.90 Å². The molecule has 28 heavy (non-hydrogen) atoms. The van der Waals surface area contributed by atoms with Crippen molar-refractivity contribution in [2.45, 2.75) is 97.4 Å². The van der Waals surface area contributed by atoms with Gasteiger partial charge in [0.05, 0.1) is 12.2 Å². The summed E-state index contributed by atoms with van der Waals surface area (Å²) in [6.45, 7) is 25.2. The van der Waals surface area contributed by atoms with E-state index >= 15 is 0 Å². The normalized spacial score (nSPS) is 18.2. The average Bonchev–Trinajstić information content (AvgIpc) is 2.29. The Morgan fingerprint density at radius 1 is 0.714 bits per heavy atom. The van der Waals surface area contributed by atoms with Gasteiger partial charge in [0.2, 0.25) is 0 Å². The molecule has 0 saturated heterocycles. The van der Waals surface area contributed by atoms with Gasteiger partial charge in [-0.15, -0.1) is 0 Å². The standard InChI is InChI=1S/C18H47NO5Si4/c1-17(20)15-19(16-18(2)21)13-12-14-28(11,23-26(6,7)8)24-27(9,10)22-25(3,4)5/h17-18,20-21H,12-16H2,1-11H3. The van der Waals surface area contributed by atoms with E-state index in [2.05, 4.69) is 63.8 Å². The van der Waals surface area contributed by atoms with Gasteiger partial charge in [-0.1, -0.05) is 0 Å². The van der Waals surface area contributed by atoms with E-state index in [1.807, 2.05) is 0 Å². The van der Waals surface area contributed by atoms with Crippen molar-refractivity contribution < 1.29 is 22.6 Å². The lowest BCUT2D eigenvalue weighted by atomic mass is 10.3. The van der Waals surface area contributed by atoms with Crippen LogP contribution in [0, 0.1) is 0 Å². The minimum absolute atomic E-state index is 0.409. The molecule has 0 spiro atoms. The molecule has 10 heteroatoms. The molecule has 0 radical (unpaired) electrons. The Morgan fingerprint density at radius 3 is 1.50 bits per heavy atom. The third-order valence-electron chi connectivity index (χ3n) is 3.69. The Labute approximate surface area is 178 Å². The molecule has 0 aliphatic carbocycles. The van der Waals surface area contributed by atoms with Crippen molar-refractivity contribution in [1.29, 1.82) is 0 Å². The second kappa shape index (κ2) is 11.3. The van der Waals surface area contributed by atoms with Crippen LogP contribution in [0.25, 0.3) is 0 Å². The Hall–Kier alpha value is 0.628. The average molecular weight is 470 g/mol. The van der Waals surface area contributed by atoms with E-state index in [1.165, 1.54) is 0 Å². The molecule has 0 saturated carbocycles. The van der Waals surface area contributed by atoms with Crippen molar-refractivity contribution in [2.24, 2.45) is 0 Å². The Kier molecular flexibility index (Phi) is 11.6. The first-order chi connectivity index (χ1) is 12.3. The minimum Gasteiger partial charge on any atom is -0.437 e. The zero-order valence-electron chi connectivity index (χ0n) is 20.3. The first-order valence-electron chi connectivity index (χ1n) is 10.5. The van der Waals surface area contributed by atoms with Gasteiger partial charge in [0.1, 0.15) is 0 Å². The second-order valence-corrected chi connectivity index (χ2v) is 27.1. The molecule has 6 nitrogen and oxygen atoms in total. The molecule has 2 N–H and O–H groups in total. The third kappa shape index (κ3) is 15.5. The minimum atomic E-state index is -2.40. The number of rotatable bonds is 14. The summed E-state index contributed by atoms with van der Waals surface area (Å²) >= 11 is 0. The molecule has 170 valence electrons.